The summed E-state index contributed by atoms with van der Waals surface area (Å²) < 4.78 is 0. The van der Waals surface area contributed by atoms with E-state index in [0.717, 1.165) is 19.3 Å². The standard InChI is InChI=1S/C14H28O2/c1-6-7-12(9-8-11(2)3)10-14(4,5)13(15)16/h11-12H,6-10H2,1-5H3,(H,15,16). The molecule has 16 heavy (non-hydrogen) atoms. The minimum absolute atomic E-state index is 0.568. The van der Waals surface area contributed by atoms with Crippen molar-refractivity contribution in [1.29, 1.82) is 0 Å². The van der Waals surface area contributed by atoms with Crippen LogP contribution in [-0.4, -0.2) is 11.1 Å². The highest BCUT2D eigenvalue weighted by molar-refractivity contribution is 5.73. The molecule has 2 heteroatoms. The highest BCUT2D eigenvalue weighted by Gasteiger charge is 2.30. The zero-order chi connectivity index (χ0) is 12.8. The summed E-state index contributed by atoms with van der Waals surface area (Å²) >= 11 is 0. The Kier molecular flexibility index (Phi) is 6.70. The van der Waals surface area contributed by atoms with E-state index in [-0.39, 0.29) is 0 Å². The molecule has 1 atom stereocenters. The second kappa shape index (κ2) is 6.93. The monoisotopic (exact) mass is 228 g/mol. The van der Waals surface area contributed by atoms with Crippen LogP contribution >= 0.6 is 0 Å². The van der Waals surface area contributed by atoms with E-state index in [9.17, 15) is 4.79 Å². The molecule has 0 aromatic carbocycles. The summed E-state index contributed by atoms with van der Waals surface area (Å²) in [5.74, 6) is 0.615. The Morgan fingerprint density at radius 3 is 2.12 bits per heavy atom. The van der Waals surface area contributed by atoms with Crippen LogP contribution in [0.1, 0.15) is 66.7 Å². The van der Waals surface area contributed by atoms with E-state index in [1.165, 1.54) is 12.8 Å². The van der Waals surface area contributed by atoms with Crippen molar-refractivity contribution >= 4 is 5.97 Å². The fourth-order valence-electron chi connectivity index (χ4n) is 2.13. The van der Waals surface area contributed by atoms with Crippen LogP contribution in [0.15, 0.2) is 0 Å². The predicted octanol–water partition coefficient (Wildman–Crippen LogP) is 4.34. The smallest absolute Gasteiger partial charge is 0.309 e. The predicted molar refractivity (Wildman–Crippen MR) is 68.5 cm³/mol. The Bertz CT molecular complexity index is 207. The van der Waals surface area contributed by atoms with Crippen molar-refractivity contribution in [2.24, 2.45) is 17.3 Å². The summed E-state index contributed by atoms with van der Waals surface area (Å²) in [6.07, 6.45) is 5.49. The molecule has 0 saturated heterocycles. The third kappa shape index (κ3) is 6.14. The highest BCUT2D eigenvalue weighted by Crippen LogP contribution is 2.31. The Balaban J connectivity index is 4.26. The molecule has 0 aromatic rings. The lowest BCUT2D eigenvalue weighted by Gasteiger charge is -2.26. The summed E-state index contributed by atoms with van der Waals surface area (Å²) in [7, 11) is 0. The molecule has 0 saturated carbocycles. The minimum atomic E-state index is -0.668. The third-order valence-corrected chi connectivity index (χ3v) is 3.23. The Morgan fingerprint density at radius 2 is 1.75 bits per heavy atom. The van der Waals surface area contributed by atoms with Gasteiger partial charge in [-0.15, -0.1) is 0 Å². The van der Waals surface area contributed by atoms with E-state index in [1.807, 2.05) is 13.8 Å². The number of aliphatic carboxylic acids is 1. The van der Waals surface area contributed by atoms with Crippen LogP contribution in [0.4, 0.5) is 0 Å². The van der Waals surface area contributed by atoms with Gasteiger partial charge in [-0.2, -0.15) is 0 Å². The van der Waals surface area contributed by atoms with Crippen molar-refractivity contribution in [2.45, 2.75) is 66.7 Å². The summed E-state index contributed by atoms with van der Waals surface area (Å²) in [6.45, 7) is 10.3. The maximum atomic E-state index is 11.1. The zero-order valence-electron chi connectivity index (χ0n) is 11.5. The molecule has 0 amide bonds. The number of hydrogen-bond donors (Lipinski definition) is 1. The van der Waals surface area contributed by atoms with Gasteiger partial charge in [-0.1, -0.05) is 46.5 Å². The molecule has 0 aliphatic carbocycles. The van der Waals surface area contributed by atoms with Crippen molar-refractivity contribution < 1.29 is 9.90 Å². The van der Waals surface area contributed by atoms with Crippen LogP contribution < -0.4 is 0 Å². The number of carboxylic acid groups (broad SMARTS) is 1. The van der Waals surface area contributed by atoms with Crippen LogP contribution in [0, 0.1) is 17.3 Å². The number of rotatable bonds is 8. The molecule has 0 radical (unpaired) electrons. The Labute approximate surface area is 100 Å². The molecule has 0 bridgehead atoms. The quantitative estimate of drug-likeness (QED) is 0.671. The lowest BCUT2D eigenvalue weighted by Crippen LogP contribution is -2.27. The van der Waals surface area contributed by atoms with Gasteiger partial charge in [-0.3, -0.25) is 4.79 Å². The van der Waals surface area contributed by atoms with E-state index in [0.29, 0.717) is 11.8 Å². The second-order valence-electron chi connectivity index (χ2n) is 6.02. The van der Waals surface area contributed by atoms with Gasteiger partial charge in [-0.25, -0.2) is 0 Å². The fourth-order valence-corrected chi connectivity index (χ4v) is 2.13. The topological polar surface area (TPSA) is 37.3 Å². The second-order valence-corrected chi connectivity index (χ2v) is 6.02. The Hall–Kier alpha value is -0.530. The van der Waals surface area contributed by atoms with Crippen molar-refractivity contribution in [3.05, 3.63) is 0 Å². The molecule has 0 aliphatic heterocycles. The van der Waals surface area contributed by atoms with Crippen LogP contribution in [0.3, 0.4) is 0 Å². The van der Waals surface area contributed by atoms with E-state index in [1.54, 1.807) is 0 Å². The van der Waals surface area contributed by atoms with Gasteiger partial charge in [0.2, 0.25) is 0 Å². The number of hydrogen-bond acceptors (Lipinski definition) is 1. The first-order valence-corrected chi connectivity index (χ1v) is 6.53. The normalized spacial score (nSPS) is 14.1. The molecule has 1 unspecified atom stereocenters. The fraction of sp³-hybridized carbons (Fsp3) is 0.929. The van der Waals surface area contributed by atoms with Crippen LogP contribution in [0.5, 0.6) is 0 Å². The molecule has 0 spiro atoms. The van der Waals surface area contributed by atoms with Crippen molar-refractivity contribution in [2.75, 3.05) is 0 Å². The first kappa shape index (κ1) is 15.5. The van der Waals surface area contributed by atoms with Gasteiger partial charge in [0, 0.05) is 0 Å². The molecule has 0 fully saturated rings. The third-order valence-electron chi connectivity index (χ3n) is 3.23. The van der Waals surface area contributed by atoms with E-state index in [2.05, 4.69) is 20.8 Å². The molecule has 1 N–H and O–H groups in total. The zero-order valence-corrected chi connectivity index (χ0v) is 11.5. The molecule has 96 valence electrons. The van der Waals surface area contributed by atoms with Crippen LogP contribution in [-0.2, 0) is 4.79 Å². The molecule has 0 aliphatic rings. The minimum Gasteiger partial charge on any atom is -0.481 e. The molecule has 0 aromatic heterocycles. The van der Waals surface area contributed by atoms with E-state index >= 15 is 0 Å². The van der Waals surface area contributed by atoms with Crippen molar-refractivity contribution in [3.63, 3.8) is 0 Å². The van der Waals surface area contributed by atoms with Gasteiger partial charge in [0.15, 0.2) is 0 Å². The highest BCUT2D eigenvalue weighted by atomic mass is 16.4. The lowest BCUT2D eigenvalue weighted by molar-refractivity contribution is -0.148. The number of carboxylic acids is 1. The van der Waals surface area contributed by atoms with E-state index < -0.39 is 11.4 Å². The summed E-state index contributed by atoms with van der Waals surface area (Å²) in [4.78, 5) is 11.1. The average molecular weight is 228 g/mol. The van der Waals surface area contributed by atoms with Gasteiger partial charge in [0.25, 0.3) is 0 Å². The number of carbonyl (C=O) groups is 1. The largest absolute Gasteiger partial charge is 0.481 e. The van der Waals surface area contributed by atoms with Crippen LogP contribution in [0.2, 0.25) is 0 Å². The maximum Gasteiger partial charge on any atom is 0.309 e. The lowest BCUT2D eigenvalue weighted by atomic mass is 9.78. The SMILES string of the molecule is CCCC(CCC(C)C)CC(C)(C)C(=O)O. The Morgan fingerprint density at radius 1 is 1.19 bits per heavy atom. The molecular weight excluding hydrogens is 200 g/mol. The molecule has 0 rings (SSSR count). The van der Waals surface area contributed by atoms with Gasteiger partial charge in [0.05, 0.1) is 5.41 Å². The summed E-state index contributed by atoms with van der Waals surface area (Å²) in [5.41, 5.74) is -0.573. The first-order valence-electron chi connectivity index (χ1n) is 6.53. The van der Waals surface area contributed by atoms with Gasteiger partial charge >= 0.3 is 5.97 Å². The van der Waals surface area contributed by atoms with Crippen LogP contribution in [0.25, 0.3) is 0 Å². The van der Waals surface area contributed by atoms with Crippen molar-refractivity contribution in [1.82, 2.24) is 0 Å². The molecule has 0 heterocycles. The van der Waals surface area contributed by atoms with Gasteiger partial charge < -0.3 is 5.11 Å². The van der Waals surface area contributed by atoms with E-state index in [4.69, 9.17) is 5.11 Å². The summed E-state index contributed by atoms with van der Waals surface area (Å²) in [6, 6.07) is 0. The molecule has 2 nitrogen and oxygen atoms in total. The first-order chi connectivity index (χ1) is 7.29. The van der Waals surface area contributed by atoms with Crippen molar-refractivity contribution in [3.8, 4) is 0 Å². The maximum absolute atomic E-state index is 11.1. The van der Waals surface area contributed by atoms with Gasteiger partial charge in [0.1, 0.15) is 0 Å². The average Bonchev–Trinajstić information content (AvgIpc) is 2.13. The summed E-state index contributed by atoms with van der Waals surface area (Å²) in [5, 5.41) is 9.14. The van der Waals surface area contributed by atoms with Gasteiger partial charge in [-0.05, 0) is 32.1 Å². The molecular formula is C14H28O2.